The van der Waals surface area contributed by atoms with Gasteiger partial charge in [0.15, 0.2) is 0 Å². The third kappa shape index (κ3) is 3.00. The fraction of sp³-hybridized carbons (Fsp3) is 0.500. The number of furan rings is 1. The van der Waals surface area contributed by atoms with Crippen molar-refractivity contribution in [3.05, 3.63) is 24.6 Å². The van der Waals surface area contributed by atoms with E-state index in [0.717, 1.165) is 29.9 Å². The van der Waals surface area contributed by atoms with Crippen molar-refractivity contribution < 1.29 is 13.9 Å². The Morgan fingerprint density at radius 2 is 1.95 bits per heavy atom. The topological polar surface area (TPSA) is 58.8 Å². The molecular weight excluding hydrogens is 282 g/mol. The van der Waals surface area contributed by atoms with Gasteiger partial charge in [-0.1, -0.05) is 0 Å². The lowest BCUT2D eigenvalue weighted by Gasteiger charge is -2.36. The molecule has 0 bridgehead atoms. The predicted octanol–water partition coefficient (Wildman–Crippen LogP) is 2.88. The van der Waals surface area contributed by atoms with Crippen LogP contribution in [0.1, 0.15) is 20.8 Å². The maximum Gasteiger partial charge on any atom is 0.410 e. The number of carbonyl (C=O) groups excluding carboxylic acids is 1. The van der Waals surface area contributed by atoms with Crippen molar-refractivity contribution in [2.75, 3.05) is 31.1 Å². The first kappa shape index (κ1) is 14.7. The number of hydrogen-bond donors (Lipinski definition) is 0. The number of piperazine rings is 1. The minimum absolute atomic E-state index is 0.248. The number of amides is 1. The van der Waals surface area contributed by atoms with Gasteiger partial charge in [0.25, 0.3) is 0 Å². The van der Waals surface area contributed by atoms with Gasteiger partial charge < -0.3 is 19.0 Å². The van der Waals surface area contributed by atoms with E-state index in [0.29, 0.717) is 13.1 Å². The zero-order chi connectivity index (χ0) is 15.7. The van der Waals surface area contributed by atoms with E-state index in [9.17, 15) is 4.79 Å². The summed E-state index contributed by atoms with van der Waals surface area (Å²) in [6.45, 7) is 8.36. The third-order valence-corrected chi connectivity index (χ3v) is 3.59. The second-order valence-corrected chi connectivity index (χ2v) is 6.42. The lowest BCUT2D eigenvalue weighted by Crippen LogP contribution is -2.50. The number of nitrogens with zero attached hydrogens (tertiary/aromatic N) is 3. The number of pyridine rings is 1. The molecular formula is C16H21N3O3. The Morgan fingerprint density at radius 3 is 2.64 bits per heavy atom. The Labute approximate surface area is 129 Å². The van der Waals surface area contributed by atoms with Crippen LogP contribution in [0.15, 0.2) is 29.0 Å². The van der Waals surface area contributed by atoms with Crippen molar-refractivity contribution in [1.82, 2.24) is 9.88 Å². The second kappa shape index (κ2) is 5.51. The molecule has 0 saturated carbocycles. The molecule has 1 saturated heterocycles. The van der Waals surface area contributed by atoms with Crippen LogP contribution in [-0.4, -0.2) is 47.8 Å². The first-order valence-corrected chi connectivity index (χ1v) is 7.49. The van der Waals surface area contributed by atoms with Crippen LogP contribution in [-0.2, 0) is 4.74 Å². The standard InChI is InChI=1S/C16H21N3O3/c1-16(2,3)22-15(20)19-9-7-18(8-10-19)14-12-5-11-21-13(12)4-6-17-14/h4-6,11H,7-10H2,1-3H3. The molecule has 3 rings (SSSR count). The highest BCUT2D eigenvalue weighted by molar-refractivity contribution is 5.88. The molecule has 2 aromatic heterocycles. The second-order valence-electron chi connectivity index (χ2n) is 6.42. The zero-order valence-electron chi connectivity index (χ0n) is 13.2. The highest BCUT2D eigenvalue weighted by atomic mass is 16.6. The number of anilines is 1. The molecule has 1 fully saturated rings. The van der Waals surface area contributed by atoms with E-state index in [1.165, 1.54) is 0 Å². The fourth-order valence-corrected chi connectivity index (χ4v) is 2.56. The van der Waals surface area contributed by atoms with Gasteiger partial charge >= 0.3 is 6.09 Å². The summed E-state index contributed by atoms with van der Waals surface area (Å²) in [5.74, 6) is 0.912. The molecule has 22 heavy (non-hydrogen) atoms. The van der Waals surface area contributed by atoms with Gasteiger partial charge in [-0.15, -0.1) is 0 Å². The summed E-state index contributed by atoms with van der Waals surface area (Å²) in [7, 11) is 0. The fourth-order valence-electron chi connectivity index (χ4n) is 2.56. The van der Waals surface area contributed by atoms with Gasteiger partial charge in [0.1, 0.15) is 17.0 Å². The van der Waals surface area contributed by atoms with Crippen molar-refractivity contribution in [2.45, 2.75) is 26.4 Å². The van der Waals surface area contributed by atoms with Crippen LogP contribution in [0.2, 0.25) is 0 Å². The van der Waals surface area contributed by atoms with E-state index in [2.05, 4.69) is 9.88 Å². The molecule has 1 aliphatic heterocycles. The Kier molecular flexibility index (Phi) is 3.68. The molecule has 118 valence electrons. The molecule has 1 amide bonds. The number of ether oxygens (including phenoxy) is 1. The molecule has 0 N–H and O–H groups in total. The average molecular weight is 303 g/mol. The van der Waals surface area contributed by atoms with Gasteiger partial charge in [-0.05, 0) is 32.9 Å². The summed E-state index contributed by atoms with van der Waals surface area (Å²) in [6, 6.07) is 3.79. The first-order chi connectivity index (χ1) is 10.4. The van der Waals surface area contributed by atoms with Crippen molar-refractivity contribution in [1.29, 1.82) is 0 Å². The SMILES string of the molecule is CC(C)(C)OC(=O)N1CCN(c2nccc3occc23)CC1. The molecule has 0 aromatic carbocycles. The van der Waals surface area contributed by atoms with Crippen molar-refractivity contribution in [3.63, 3.8) is 0 Å². The van der Waals surface area contributed by atoms with E-state index in [1.54, 1.807) is 17.4 Å². The molecule has 1 aliphatic rings. The van der Waals surface area contributed by atoms with Crippen LogP contribution in [0.3, 0.4) is 0 Å². The van der Waals surface area contributed by atoms with Gasteiger partial charge in [0.05, 0.1) is 11.6 Å². The van der Waals surface area contributed by atoms with E-state index in [1.807, 2.05) is 32.9 Å². The van der Waals surface area contributed by atoms with Crippen LogP contribution in [0, 0.1) is 0 Å². The lowest BCUT2D eigenvalue weighted by molar-refractivity contribution is 0.0240. The highest BCUT2D eigenvalue weighted by Crippen LogP contribution is 2.26. The molecule has 0 unspecified atom stereocenters. The van der Waals surface area contributed by atoms with Gasteiger partial charge in [0, 0.05) is 32.4 Å². The van der Waals surface area contributed by atoms with E-state index < -0.39 is 5.60 Å². The summed E-state index contributed by atoms with van der Waals surface area (Å²) in [5.41, 5.74) is 0.373. The Balaban J connectivity index is 1.67. The predicted molar refractivity (Wildman–Crippen MR) is 84.0 cm³/mol. The first-order valence-electron chi connectivity index (χ1n) is 7.49. The van der Waals surface area contributed by atoms with Crippen molar-refractivity contribution >= 4 is 22.9 Å². The highest BCUT2D eigenvalue weighted by Gasteiger charge is 2.26. The van der Waals surface area contributed by atoms with Crippen LogP contribution >= 0.6 is 0 Å². The summed E-state index contributed by atoms with van der Waals surface area (Å²) in [4.78, 5) is 20.5. The number of fused-ring (bicyclic) bond motifs is 1. The van der Waals surface area contributed by atoms with E-state index >= 15 is 0 Å². The molecule has 6 nitrogen and oxygen atoms in total. The zero-order valence-corrected chi connectivity index (χ0v) is 13.2. The summed E-state index contributed by atoms with van der Waals surface area (Å²) in [6.07, 6.45) is 3.18. The quantitative estimate of drug-likeness (QED) is 0.810. The largest absolute Gasteiger partial charge is 0.464 e. The van der Waals surface area contributed by atoms with Crippen molar-refractivity contribution in [2.24, 2.45) is 0 Å². The van der Waals surface area contributed by atoms with Gasteiger partial charge in [-0.3, -0.25) is 0 Å². The Hall–Kier alpha value is -2.24. The average Bonchev–Trinajstić information content (AvgIpc) is 2.94. The Bertz CT molecular complexity index is 667. The molecule has 3 heterocycles. The number of hydrogen-bond acceptors (Lipinski definition) is 5. The van der Waals surface area contributed by atoms with Gasteiger partial charge in [-0.25, -0.2) is 9.78 Å². The molecule has 0 atom stereocenters. The summed E-state index contributed by atoms with van der Waals surface area (Å²) in [5, 5.41) is 1.01. The van der Waals surface area contributed by atoms with Crippen molar-refractivity contribution in [3.8, 4) is 0 Å². The smallest absolute Gasteiger partial charge is 0.410 e. The molecule has 0 aliphatic carbocycles. The molecule has 2 aromatic rings. The van der Waals surface area contributed by atoms with Gasteiger partial charge in [0.2, 0.25) is 0 Å². The molecule has 0 spiro atoms. The van der Waals surface area contributed by atoms with Crippen LogP contribution < -0.4 is 4.90 Å². The molecule has 6 heteroatoms. The summed E-state index contributed by atoms with van der Waals surface area (Å²) < 4.78 is 10.8. The third-order valence-electron chi connectivity index (χ3n) is 3.59. The van der Waals surface area contributed by atoms with E-state index in [-0.39, 0.29) is 6.09 Å². The number of aromatic nitrogens is 1. The minimum Gasteiger partial charge on any atom is -0.464 e. The molecule has 0 radical (unpaired) electrons. The van der Waals surface area contributed by atoms with Gasteiger partial charge in [-0.2, -0.15) is 0 Å². The lowest BCUT2D eigenvalue weighted by atomic mass is 10.2. The maximum absolute atomic E-state index is 12.1. The maximum atomic E-state index is 12.1. The van der Waals surface area contributed by atoms with Crippen LogP contribution in [0.5, 0.6) is 0 Å². The van der Waals surface area contributed by atoms with Crippen LogP contribution in [0.25, 0.3) is 11.0 Å². The van der Waals surface area contributed by atoms with Crippen LogP contribution in [0.4, 0.5) is 10.6 Å². The summed E-state index contributed by atoms with van der Waals surface area (Å²) >= 11 is 0. The Morgan fingerprint density at radius 1 is 1.23 bits per heavy atom. The number of rotatable bonds is 1. The normalized spacial score (nSPS) is 16.1. The van der Waals surface area contributed by atoms with E-state index in [4.69, 9.17) is 9.15 Å². The monoisotopic (exact) mass is 303 g/mol. The minimum atomic E-state index is -0.460. The number of carbonyl (C=O) groups is 1.